The highest BCUT2D eigenvalue weighted by Crippen LogP contribution is 2.22. The first-order valence-corrected chi connectivity index (χ1v) is 10.5. The van der Waals surface area contributed by atoms with E-state index in [4.69, 9.17) is 9.47 Å². The normalized spacial score (nSPS) is 17.2. The van der Waals surface area contributed by atoms with Crippen molar-refractivity contribution in [2.45, 2.75) is 46.8 Å². The predicted octanol–water partition coefficient (Wildman–Crippen LogP) is 3.42. The number of morpholine rings is 1. The summed E-state index contributed by atoms with van der Waals surface area (Å²) < 4.78 is 11.5. The molecule has 0 amide bonds. The van der Waals surface area contributed by atoms with Crippen molar-refractivity contribution in [2.24, 2.45) is 10.9 Å². The molecule has 0 aliphatic carbocycles. The van der Waals surface area contributed by atoms with Crippen LogP contribution in [0.4, 0.5) is 0 Å². The molecule has 6 nitrogen and oxygen atoms in total. The van der Waals surface area contributed by atoms with E-state index in [0.29, 0.717) is 12.5 Å². The van der Waals surface area contributed by atoms with Gasteiger partial charge in [-0.15, -0.1) is 24.0 Å². The van der Waals surface area contributed by atoms with E-state index in [1.807, 2.05) is 7.05 Å². The van der Waals surface area contributed by atoms with Crippen molar-refractivity contribution in [3.8, 4) is 5.75 Å². The van der Waals surface area contributed by atoms with E-state index in [1.165, 1.54) is 5.56 Å². The standard InChI is InChI=1S/C22H38N4O2.HI/c1-6-19(4)28-21-13-17(2)7-8-20(21)15-25-22(23-5)24-14-18(3)16-26-9-11-27-12-10-26;/h7-8,13,18-19H,6,9-12,14-16H2,1-5H3,(H2,23,24,25);1H. The molecule has 1 aromatic carbocycles. The highest BCUT2D eigenvalue weighted by molar-refractivity contribution is 14.0. The molecule has 0 spiro atoms. The lowest BCUT2D eigenvalue weighted by Gasteiger charge is -2.29. The number of hydrogen-bond acceptors (Lipinski definition) is 4. The van der Waals surface area contributed by atoms with Crippen LogP contribution in [0.3, 0.4) is 0 Å². The van der Waals surface area contributed by atoms with Crippen molar-refractivity contribution in [3.05, 3.63) is 29.3 Å². The van der Waals surface area contributed by atoms with Crippen molar-refractivity contribution in [3.63, 3.8) is 0 Å². The molecule has 1 aliphatic heterocycles. The lowest BCUT2D eigenvalue weighted by molar-refractivity contribution is 0.0320. The van der Waals surface area contributed by atoms with E-state index < -0.39 is 0 Å². The molecule has 1 saturated heterocycles. The highest BCUT2D eigenvalue weighted by Gasteiger charge is 2.14. The lowest BCUT2D eigenvalue weighted by atomic mass is 10.1. The van der Waals surface area contributed by atoms with Gasteiger partial charge in [-0.2, -0.15) is 0 Å². The summed E-state index contributed by atoms with van der Waals surface area (Å²) in [4.78, 5) is 6.84. The molecule has 166 valence electrons. The minimum atomic E-state index is 0. The van der Waals surface area contributed by atoms with Gasteiger partial charge in [0.15, 0.2) is 5.96 Å². The molecule has 0 saturated carbocycles. The number of guanidine groups is 1. The van der Waals surface area contributed by atoms with Crippen LogP contribution in [0, 0.1) is 12.8 Å². The number of aryl methyl sites for hydroxylation is 1. The molecule has 2 unspecified atom stereocenters. The van der Waals surface area contributed by atoms with Crippen LogP contribution in [-0.4, -0.2) is 63.4 Å². The van der Waals surface area contributed by atoms with Gasteiger partial charge in [-0.1, -0.05) is 26.0 Å². The zero-order chi connectivity index (χ0) is 20.4. The topological polar surface area (TPSA) is 58.1 Å². The number of nitrogens with zero attached hydrogens (tertiary/aromatic N) is 2. The number of benzene rings is 1. The molecule has 0 aromatic heterocycles. The summed E-state index contributed by atoms with van der Waals surface area (Å²) in [6, 6.07) is 6.37. The summed E-state index contributed by atoms with van der Waals surface area (Å²) in [6.07, 6.45) is 1.20. The zero-order valence-electron chi connectivity index (χ0n) is 18.7. The first-order chi connectivity index (χ1) is 13.5. The summed E-state index contributed by atoms with van der Waals surface area (Å²) in [7, 11) is 1.81. The van der Waals surface area contributed by atoms with Crippen LogP contribution in [0.2, 0.25) is 0 Å². The minimum absolute atomic E-state index is 0. The number of aliphatic imine (C=N–C) groups is 1. The summed E-state index contributed by atoms with van der Waals surface area (Å²) in [5, 5.41) is 6.87. The third kappa shape index (κ3) is 9.53. The molecule has 0 radical (unpaired) electrons. The summed E-state index contributed by atoms with van der Waals surface area (Å²) in [5.41, 5.74) is 2.36. The Kier molecular flexibility index (Phi) is 12.6. The third-order valence-electron chi connectivity index (χ3n) is 5.09. The highest BCUT2D eigenvalue weighted by atomic mass is 127. The van der Waals surface area contributed by atoms with Gasteiger partial charge in [0.25, 0.3) is 0 Å². The maximum Gasteiger partial charge on any atom is 0.191 e. The van der Waals surface area contributed by atoms with Gasteiger partial charge in [-0.05, 0) is 37.8 Å². The number of rotatable bonds is 9. The van der Waals surface area contributed by atoms with Gasteiger partial charge in [-0.25, -0.2) is 0 Å². The van der Waals surface area contributed by atoms with Crippen LogP contribution in [0.15, 0.2) is 23.2 Å². The first kappa shape index (κ1) is 26.0. The quantitative estimate of drug-likeness (QED) is 0.298. The molecule has 1 aromatic rings. The van der Waals surface area contributed by atoms with E-state index in [0.717, 1.165) is 63.1 Å². The Bertz CT molecular complexity index is 621. The van der Waals surface area contributed by atoms with E-state index in [2.05, 4.69) is 66.4 Å². The molecule has 1 aliphatic rings. The Morgan fingerprint density at radius 1 is 1.24 bits per heavy atom. The second-order valence-corrected chi connectivity index (χ2v) is 7.77. The molecule has 2 N–H and O–H groups in total. The smallest absolute Gasteiger partial charge is 0.191 e. The van der Waals surface area contributed by atoms with Crippen LogP contribution in [-0.2, 0) is 11.3 Å². The molecule has 1 fully saturated rings. The van der Waals surface area contributed by atoms with Crippen LogP contribution in [0.1, 0.15) is 38.3 Å². The average molecular weight is 518 g/mol. The van der Waals surface area contributed by atoms with E-state index >= 15 is 0 Å². The fourth-order valence-corrected chi connectivity index (χ4v) is 3.18. The van der Waals surface area contributed by atoms with Crippen molar-refractivity contribution >= 4 is 29.9 Å². The van der Waals surface area contributed by atoms with Crippen LogP contribution in [0.5, 0.6) is 5.75 Å². The molecular weight excluding hydrogens is 479 g/mol. The fraction of sp³-hybridized carbons (Fsp3) is 0.682. The predicted molar refractivity (Wildman–Crippen MR) is 132 cm³/mol. The maximum absolute atomic E-state index is 6.11. The second-order valence-electron chi connectivity index (χ2n) is 7.77. The number of halogens is 1. The largest absolute Gasteiger partial charge is 0.490 e. The molecule has 2 rings (SSSR count). The van der Waals surface area contributed by atoms with Crippen molar-refractivity contribution in [1.29, 1.82) is 0 Å². The molecule has 0 bridgehead atoms. The van der Waals surface area contributed by atoms with Gasteiger partial charge in [0.1, 0.15) is 5.75 Å². The van der Waals surface area contributed by atoms with Crippen molar-refractivity contribution < 1.29 is 9.47 Å². The van der Waals surface area contributed by atoms with Gasteiger partial charge in [0.05, 0.1) is 19.3 Å². The van der Waals surface area contributed by atoms with Crippen LogP contribution < -0.4 is 15.4 Å². The summed E-state index contributed by atoms with van der Waals surface area (Å²) >= 11 is 0. The van der Waals surface area contributed by atoms with Gasteiger partial charge in [0, 0.05) is 45.3 Å². The first-order valence-electron chi connectivity index (χ1n) is 10.5. The van der Waals surface area contributed by atoms with E-state index in [9.17, 15) is 0 Å². The summed E-state index contributed by atoms with van der Waals surface area (Å²) in [5.74, 6) is 2.32. The van der Waals surface area contributed by atoms with Crippen molar-refractivity contribution in [1.82, 2.24) is 15.5 Å². The van der Waals surface area contributed by atoms with Gasteiger partial charge >= 0.3 is 0 Å². The van der Waals surface area contributed by atoms with Crippen LogP contribution in [0.25, 0.3) is 0 Å². The average Bonchev–Trinajstić information content (AvgIpc) is 2.70. The Balaban J connectivity index is 0.00000420. The van der Waals surface area contributed by atoms with Gasteiger partial charge in [0.2, 0.25) is 0 Å². The Morgan fingerprint density at radius 3 is 2.62 bits per heavy atom. The number of hydrogen-bond donors (Lipinski definition) is 2. The Morgan fingerprint density at radius 2 is 1.97 bits per heavy atom. The SMILES string of the molecule is CCC(C)Oc1cc(C)ccc1CNC(=NC)NCC(C)CN1CCOCC1.I. The van der Waals surface area contributed by atoms with Crippen LogP contribution >= 0.6 is 24.0 Å². The lowest BCUT2D eigenvalue weighted by Crippen LogP contribution is -2.43. The molecule has 29 heavy (non-hydrogen) atoms. The van der Waals surface area contributed by atoms with Crippen molar-refractivity contribution in [2.75, 3.05) is 46.4 Å². The molecule has 7 heteroatoms. The Hall–Kier alpha value is -1.06. The minimum Gasteiger partial charge on any atom is -0.490 e. The maximum atomic E-state index is 6.11. The molecule has 2 atom stereocenters. The fourth-order valence-electron chi connectivity index (χ4n) is 3.18. The number of nitrogens with one attached hydrogen (secondary N) is 2. The Labute approximate surface area is 193 Å². The zero-order valence-corrected chi connectivity index (χ0v) is 21.0. The number of ether oxygens (including phenoxy) is 2. The van der Waals surface area contributed by atoms with Gasteiger partial charge in [-0.3, -0.25) is 9.89 Å². The summed E-state index contributed by atoms with van der Waals surface area (Å²) in [6.45, 7) is 15.0. The third-order valence-corrected chi connectivity index (χ3v) is 5.09. The van der Waals surface area contributed by atoms with E-state index in [1.54, 1.807) is 0 Å². The molecular formula is C22H39IN4O2. The van der Waals surface area contributed by atoms with Gasteiger partial charge < -0.3 is 20.1 Å². The molecule has 1 heterocycles. The monoisotopic (exact) mass is 518 g/mol. The van der Waals surface area contributed by atoms with E-state index in [-0.39, 0.29) is 30.1 Å². The second kappa shape index (κ2) is 14.0.